The second kappa shape index (κ2) is 5.87. The third-order valence-corrected chi connectivity index (χ3v) is 3.13. The minimum absolute atomic E-state index is 0.0351. The molecule has 1 amide bonds. The SMILES string of the molecule is CC(O)c1ccc(OC2CCCCNC2=O)cc1. The van der Waals surface area contributed by atoms with E-state index in [9.17, 15) is 9.90 Å². The van der Waals surface area contributed by atoms with Crippen molar-refractivity contribution in [1.29, 1.82) is 0 Å². The molecule has 0 radical (unpaired) electrons. The Bertz CT molecular complexity index is 400. The van der Waals surface area contributed by atoms with E-state index >= 15 is 0 Å². The standard InChI is InChI=1S/C14H19NO3/c1-10(16)11-5-7-12(8-6-11)18-13-4-2-3-9-15-14(13)17/h5-8,10,13,16H,2-4,9H2,1H3,(H,15,17). The molecule has 98 valence electrons. The van der Waals surface area contributed by atoms with Gasteiger partial charge in [0.05, 0.1) is 6.10 Å². The molecule has 0 saturated carbocycles. The van der Waals surface area contributed by atoms with Crippen molar-refractivity contribution < 1.29 is 14.6 Å². The van der Waals surface area contributed by atoms with Gasteiger partial charge in [-0.15, -0.1) is 0 Å². The van der Waals surface area contributed by atoms with Crippen molar-refractivity contribution in [2.24, 2.45) is 0 Å². The van der Waals surface area contributed by atoms with Crippen LogP contribution in [0.25, 0.3) is 0 Å². The number of rotatable bonds is 3. The lowest BCUT2D eigenvalue weighted by Crippen LogP contribution is -2.36. The van der Waals surface area contributed by atoms with Gasteiger partial charge in [-0.3, -0.25) is 4.79 Å². The maximum absolute atomic E-state index is 11.7. The van der Waals surface area contributed by atoms with Crippen LogP contribution in [-0.2, 0) is 4.79 Å². The van der Waals surface area contributed by atoms with Crippen LogP contribution in [0.2, 0.25) is 0 Å². The Morgan fingerprint density at radius 1 is 1.33 bits per heavy atom. The predicted octanol–water partition coefficient (Wildman–Crippen LogP) is 1.79. The molecular weight excluding hydrogens is 230 g/mol. The van der Waals surface area contributed by atoms with Gasteiger partial charge in [-0.2, -0.15) is 0 Å². The lowest BCUT2D eigenvalue weighted by molar-refractivity contribution is -0.127. The molecule has 1 aromatic rings. The monoisotopic (exact) mass is 249 g/mol. The highest BCUT2D eigenvalue weighted by Gasteiger charge is 2.22. The average Bonchev–Trinajstić information content (AvgIpc) is 2.56. The molecule has 2 rings (SSSR count). The van der Waals surface area contributed by atoms with Crippen molar-refractivity contribution in [3.8, 4) is 5.75 Å². The van der Waals surface area contributed by atoms with Crippen molar-refractivity contribution in [1.82, 2.24) is 5.32 Å². The average molecular weight is 249 g/mol. The maximum atomic E-state index is 11.7. The Kier molecular flexibility index (Phi) is 4.20. The molecule has 1 aliphatic rings. The highest BCUT2D eigenvalue weighted by molar-refractivity contribution is 5.81. The van der Waals surface area contributed by atoms with Crippen LogP contribution in [0.1, 0.15) is 37.9 Å². The fraction of sp³-hybridized carbons (Fsp3) is 0.500. The van der Waals surface area contributed by atoms with Gasteiger partial charge in [-0.25, -0.2) is 0 Å². The summed E-state index contributed by atoms with van der Waals surface area (Å²) < 4.78 is 5.69. The van der Waals surface area contributed by atoms with Crippen LogP contribution in [0, 0.1) is 0 Å². The van der Waals surface area contributed by atoms with Crippen molar-refractivity contribution in [3.05, 3.63) is 29.8 Å². The summed E-state index contributed by atoms with van der Waals surface area (Å²) in [5, 5.41) is 12.3. The molecule has 0 aromatic heterocycles. The quantitative estimate of drug-likeness (QED) is 0.858. The van der Waals surface area contributed by atoms with Crippen molar-refractivity contribution in [2.45, 2.75) is 38.4 Å². The largest absolute Gasteiger partial charge is 0.481 e. The molecule has 1 fully saturated rings. The van der Waals surface area contributed by atoms with Crippen LogP contribution in [0.4, 0.5) is 0 Å². The molecule has 0 spiro atoms. The number of aliphatic hydroxyl groups excluding tert-OH is 1. The molecule has 18 heavy (non-hydrogen) atoms. The number of carbonyl (C=O) groups excluding carboxylic acids is 1. The van der Waals surface area contributed by atoms with Gasteiger partial charge >= 0.3 is 0 Å². The fourth-order valence-electron chi connectivity index (χ4n) is 2.01. The van der Waals surface area contributed by atoms with Crippen LogP contribution < -0.4 is 10.1 Å². The Labute approximate surface area is 107 Å². The topological polar surface area (TPSA) is 58.6 Å². The van der Waals surface area contributed by atoms with Crippen LogP contribution in [-0.4, -0.2) is 23.7 Å². The molecule has 2 N–H and O–H groups in total. The third kappa shape index (κ3) is 3.23. The van der Waals surface area contributed by atoms with Crippen LogP contribution in [0.3, 0.4) is 0 Å². The van der Waals surface area contributed by atoms with E-state index in [2.05, 4.69) is 5.32 Å². The van der Waals surface area contributed by atoms with Gasteiger partial charge in [0, 0.05) is 6.54 Å². The number of hydrogen-bond donors (Lipinski definition) is 2. The number of benzene rings is 1. The molecular formula is C14H19NO3. The zero-order chi connectivity index (χ0) is 13.0. The van der Waals surface area contributed by atoms with Crippen molar-refractivity contribution in [2.75, 3.05) is 6.54 Å². The number of aliphatic hydroxyl groups is 1. The molecule has 2 unspecified atom stereocenters. The maximum Gasteiger partial charge on any atom is 0.261 e. The summed E-state index contributed by atoms with van der Waals surface area (Å²) in [5.74, 6) is 0.633. The summed E-state index contributed by atoms with van der Waals surface area (Å²) >= 11 is 0. The van der Waals surface area contributed by atoms with Crippen LogP contribution >= 0.6 is 0 Å². The number of carbonyl (C=O) groups is 1. The number of nitrogens with one attached hydrogen (secondary N) is 1. The van der Waals surface area contributed by atoms with E-state index < -0.39 is 12.2 Å². The van der Waals surface area contributed by atoms with Gasteiger partial charge in [0.1, 0.15) is 5.75 Å². The van der Waals surface area contributed by atoms with E-state index in [0.29, 0.717) is 5.75 Å². The molecule has 0 aliphatic carbocycles. The van der Waals surface area contributed by atoms with E-state index in [4.69, 9.17) is 4.74 Å². The Hall–Kier alpha value is -1.55. The minimum atomic E-state index is -0.486. The van der Waals surface area contributed by atoms with Crippen molar-refractivity contribution in [3.63, 3.8) is 0 Å². The molecule has 1 saturated heterocycles. The summed E-state index contributed by atoms with van der Waals surface area (Å²) in [6, 6.07) is 7.21. The van der Waals surface area contributed by atoms with E-state index in [-0.39, 0.29) is 5.91 Å². The molecule has 1 heterocycles. The lowest BCUT2D eigenvalue weighted by Gasteiger charge is -2.16. The summed E-state index contributed by atoms with van der Waals surface area (Å²) in [5.41, 5.74) is 0.840. The second-order valence-corrected chi connectivity index (χ2v) is 4.64. The summed E-state index contributed by atoms with van der Waals surface area (Å²) in [4.78, 5) is 11.7. The highest BCUT2D eigenvalue weighted by Crippen LogP contribution is 2.20. The molecule has 0 bridgehead atoms. The molecule has 4 nitrogen and oxygen atoms in total. The highest BCUT2D eigenvalue weighted by atomic mass is 16.5. The Balaban J connectivity index is 2.01. The predicted molar refractivity (Wildman–Crippen MR) is 68.4 cm³/mol. The van der Waals surface area contributed by atoms with Crippen LogP contribution in [0.5, 0.6) is 5.75 Å². The summed E-state index contributed by atoms with van der Waals surface area (Å²) in [6.45, 7) is 2.45. The molecule has 4 heteroatoms. The normalized spacial score (nSPS) is 21.9. The summed E-state index contributed by atoms with van der Waals surface area (Å²) in [7, 11) is 0. The van der Waals surface area contributed by atoms with E-state index in [1.165, 1.54) is 0 Å². The zero-order valence-electron chi connectivity index (χ0n) is 10.6. The van der Waals surface area contributed by atoms with E-state index in [0.717, 1.165) is 31.4 Å². The first-order chi connectivity index (χ1) is 8.66. The van der Waals surface area contributed by atoms with Gasteiger partial charge in [0.25, 0.3) is 5.91 Å². The first-order valence-corrected chi connectivity index (χ1v) is 6.39. The number of amides is 1. The van der Waals surface area contributed by atoms with Gasteiger partial charge in [0.2, 0.25) is 0 Å². The van der Waals surface area contributed by atoms with Gasteiger partial charge in [-0.1, -0.05) is 12.1 Å². The molecule has 2 atom stereocenters. The zero-order valence-corrected chi connectivity index (χ0v) is 10.6. The van der Waals surface area contributed by atoms with Crippen molar-refractivity contribution >= 4 is 5.91 Å². The first-order valence-electron chi connectivity index (χ1n) is 6.39. The van der Waals surface area contributed by atoms with Gasteiger partial charge in [-0.05, 0) is 43.9 Å². The van der Waals surface area contributed by atoms with Crippen LogP contribution in [0.15, 0.2) is 24.3 Å². The summed E-state index contributed by atoms with van der Waals surface area (Å²) in [6.07, 6.45) is 1.87. The third-order valence-electron chi connectivity index (χ3n) is 3.13. The Morgan fingerprint density at radius 3 is 2.72 bits per heavy atom. The van der Waals surface area contributed by atoms with E-state index in [1.807, 2.05) is 12.1 Å². The lowest BCUT2D eigenvalue weighted by atomic mass is 10.1. The first kappa shape index (κ1) is 12.9. The fourth-order valence-corrected chi connectivity index (χ4v) is 2.01. The molecule has 1 aromatic carbocycles. The number of ether oxygens (including phenoxy) is 1. The number of hydrogen-bond acceptors (Lipinski definition) is 3. The second-order valence-electron chi connectivity index (χ2n) is 4.64. The minimum Gasteiger partial charge on any atom is -0.481 e. The smallest absolute Gasteiger partial charge is 0.261 e. The Morgan fingerprint density at radius 2 is 2.06 bits per heavy atom. The van der Waals surface area contributed by atoms with Gasteiger partial charge in [0.15, 0.2) is 6.10 Å². The molecule has 1 aliphatic heterocycles. The van der Waals surface area contributed by atoms with Gasteiger partial charge < -0.3 is 15.2 Å². The van der Waals surface area contributed by atoms with E-state index in [1.54, 1.807) is 19.1 Å².